The van der Waals surface area contributed by atoms with Crippen LogP contribution in [-0.2, 0) is 13.0 Å². The van der Waals surface area contributed by atoms with Crippen LogP contribution in [0.4, 0.5) is 0 Å². The van der Waals surface area contributed by atoms with E-state index in [4.69, 9.17) is 4.74 Å². The number of amides is 1. The zero-order valence-corrected chi connectivity index (χ0v) is 14.0. The molecule has 0 saturated carbocycles. The molecular formula is C18H17N3O2S. The largest absolute Gasteiger partial charge is 0.430 e. The summed E-state index contributed by atoms with van der Waals surface area (Å²) in [5.41, 5.74) is 1.60. The number of nitrogens with zero attached hydrogens (tertiary/aromatic N) is 2. The first-order chi connectivity index (χ1) is 11.7. The summed E-state index contributed by atoms with van der Waals surface area (Å²) >= 11 is 1.21. The number of hydrogen-bond donors (Lipinski definition) is 1. The zero-order chi connectivity index (χ0) is 16.8. The van der Waals surface area contributed by atoms with Gasteiger partial charge in [-0.2, -0.15) is 9.36 Å². The van der Waals surface area contributed by atoms with Gasteiger partial charge in [0.1, 0.15) is 11.6 Å². The topological polar surface area (TPSA) is 64.1 Å². The summed E-state index contributed by atoms with van der Waals surface area (Å²) in [7, 11) is 0. The molecule has 122 valence electrons. The minimum absolute atomic E-state index is 0.143. The molecule has 1 aromatic heterocycles. The maximum absolute atomic E-state index is 12.3. The second-order valence-corrected chi connectivity index (χ2v) is 5.84. The van der Waals surface area contributed by atoms with Gasteiger partial charge in [0.25, 0.3) is 11.1 Å². The minimum Gasteiger partial charge on any atom is -0.430 e. The second kappa shape index (κ2) is 7.70. The van der Waals surface area contributed by atoms with Crippen molar-refractivity contribution < 1.29 is 9.53 Å². The smallest absolute Gasteiger partial charge is 0.298 e. The van der Waals surface area contributed by atoms with Crippen molar-refractivity contribution in [2.75, 3.05) is 0 Å². The van der Waals surface area contributed by atoms with E-state index in [1.165, 1.54) is 11.5 Å². The van der Waals surface area contributed by atoms with E-state index in [1.807, 2.05) is 37.3 Å². The summed E-state index contributed by atoms with van der Waals surface area (Å²) in [6, 6.07) is 16.8. The minimum atomic E-state index is -0.143. The first kappa shape index (κ1) is 16.1. The van der Waals surface area contributed by atoms with Crippen LogP contribution in [-0.4, -0.2) is 15.3 Å². The van der Waals surface area contributed by atoms with Gasteiger partial charge in [-0.05, 0) is 23.8 Å². The highest BCUT2D eigenvalue weighted by molar-refractivity contribution is 7.07. The van der Waals surface area contributed by atoms with Gasteiger partial charge in [0.2, 0.25) is 0 Å². The Kier molecular flexibility index (Phi) is 5.18. The van der Waals surface area contributed by atoms with Crippen molar-refractivity contribution in [3.05, 3.63) is 71.5 Å². The number of aryl methyl sites for hydroxylation is 1. The molecule has 1 amide bonds. The van der Waals surface area contributed by atoms with E-state index in [0.717, 1.165) is 17.8 Å². The van der Waals surface area contributed by atoms with E-state index < -0.39 is 0 Å². The lowest BCUT2D eigenvalue weighted by Gasteiger charge is -2.07. The monoisotopic (exact) mass is 339 g/mol. The van der Waals surface area contributed by atoms with Crippen LogP contribution in [0.15, 0.2) is 54.6 Å². The van der Waals surface area contributed by atoms with E-state index in [0.29, 0.717) is 23.1 Å². The average Bonchev–Trinajstić information content (AvgIpc) is 3.08. The van der Waals surface area contributed by atoms with Crippen LogP contribution >= 0.6 is 11.5 Å². The van der Waals surface area contributed by atoms with Gasteiger partial charge >= 0.3 is 0 Å². The van der Waals surface area contributed by atoms with Crippen LogP contribution in [0.2, 0.25) is 0 Å². The Hall–Kier alpha value is -2.73. The fraction of sp³-hybridized carbons (Fsp3) is 0.167. The molecule has 0 radical (unpaired) electrons. The molecule has 0 atom stereocenters. The maximum Gasteiger partial charge on any atom is 0.298 e. The number of carbonyl (C=O) groups excluding carboxylic acids is 1. The van der Waals surface area contributed by atoms with Crippen LogP contribution in [0.3, 0.4) is 0 Å². The SMILES string of the molecule is CCc1nsc(Oc2cccc(C(=O)NCc3ccccc3)c2)n1. The first-order valence-electron chi connectivity index (χ1n) is 7.67. The summed E-state index contributed by atoms with van der Waals surface area (Å²) in [6.07, 6.45) is 0.766. The Bertz CT molecular complexity index is 818. The summed E-state index contributed by atoms with van der Waals surface area (Å²) in [5.74, 6) is 1.18. The summed E-state index contributed by atoms with van der Waals surface area (Å²) < 4.78 is 9.86. The number of hydrogen-bond acceptors (Lipinski definition) is 5. The van der Waals surface area contributed by atoms with E-state index in [1.54, 1.807) is 24.3 Å². The van der Waals surface area contributed by atoms with Gasteiger partial charge in [0.05, 0.1) is 0 Å². The maximum atomic E-state index is 12.3. The van der Waals surface area contributed by atoms with E-state index in [9.17, 15) is 4.79 Å². The lowest BCUT2D eigenvalue weighted by molar-refractivity contribution is 0.0950. The Labute approximate surface area is 144 Å². The second-order valence-electron chi connectivity index (χ2n) is 5.13. The molecule has 0 spiro atoms. The summed E-state index contributed by atoms with van der Waals surface area (Å²) in [5, 5.41) is 3.38. The van der Waals surface area contributed by atoms with Crippen molar-refractivity contribution >= 4 is 17.4 Å². The number of aromatic nitrogens is 2. The van der Waals surface area contributed by atoms with Crippen molar-refractivity contribution in [1.29, 1.82) is 0 Å². The van der Waals surface area contributed by atoms with E-state index >= 15 is 0 Å². The molecule has 1 N–H and O–H groups in total. The summed E-state index contributed by atoms with van der Waals surface area (Å²) in [4.78, 5) is 16.5. The van der Waals surface area contributed by atoms with Crippen LogP contribution < -0.4 is 10.1 Å². The number of ether oxygens (including phenoxy) is 1. The van der Waals surface area contributed by atoms with Crippen LogP contribution in [0, 0.1) is 0 Å². The van der Waals surface area contributed by atoms with E-state index in [-0.39, 0.29) is 5.91 Å². The standard InChI is InChI=1S/C18H17N3O2S/c1-2-16-20-18(24-21-16)23-15-10-6-9-14(11-15)17(22)19-12-13-7-4-3-5-8-13/h3-11H,2,12H2,1H3,(H,19,22). The quantitative estimate of drug-likeness (QED) is 0.741. The molecule has 0 fully saturated rings. The molecule has 2 aromatic carbocycles. The predicted molar refractivity (Wildman–Crippen MR) is 93.4 cm³/mol. The Balaban J connectivity index is 1.64. The Morgan fingerprint density at radius 1 is 1.17 bits per heavy atom. The zero-order valence-electron chi connectivity index (χ0n) is 13.2. The van der Waals surface area contributed by atoms with Crippen molar-refractivity contribution in [2.24, 2.45) is 0 Å². The number of benzene rings is 2. The molecule has 0 bridgehead atoms. The van der Waals surface area contributed by atoms with Crippen molar-refractivity contribution in [1.82, 2.24) is 14.7 Å². The molecule has 0 aliphatic carbocycles. The van der Waals surface area contributed by atoms with Gasteiger partial charge in [-0.1, -0.05) is 43.3 Å². The molecule has 0 aliphatic rings. The van der Waals surface area contributed by atoms with E-state index in [2.05, 4.69) is 14.7 Å². The molecule has 1 heterocycles. The van der Waals surface area contributed by atoms with Crippen LogP contribution in [0.25, 0.3) is 0 Å². The highest BCUT2D eigenvalue weighted by Crippen LogP contribution is 2.24. The van der Waals surface area contributed by atoms with Gasteiger partial charge in [0.15, 0.2) is 0 Å². The Morgan fingerprint density at radius 3 is 2.75 bits per heavy atom. The fourth-order valence-corrected chi connectivity index (χ4v) is 2.74. The summed E-state index contributed by atoms with van der Waals surface area (Å²) in [6.45, 7) is 2.48. The van der Waals surface area contributed by atoms with Gasteiger partial charge in [0, 0.05) is 30.1 Å². The molecule has 0 unspecified atom stereocenters. The number of carbonyl (C=O) groups is 1. The van der Waals surface area contributed by atoms with Gasteiger partial charge < -0.3 is 10.1 Å². The third kappa shape index (κ3) is 4.17. The predicted octanol–water partition coefficient (Wildman–Crippen LogP) is 3.82. The first-order valence-corrected chi connectivity index (χ1v) is 8.44. The fourth-order valence-electron chi connectivity index (χ4n) is 2.10. The molecular weight excluding hydrogens is 322 g/mol. The normalized spacial score (nSPS) is 10.4. The highest BCUT2D eigenvalue weighted by Gasteiger charge is 2.09. The van der Waals surface area contributed by atoms with Crippen LogP contribution in [0.5, 0.6) is 10.9 Å². The number of nitrogens with one attached hydrogen (secondary N) is 1. The van der Waals surface area contributed by atoms with Crippen molar-refractivity contribution in [3.8, 4) is 10.9 Å². The van der Waals surface area contributed by atoms with Crippen LogP contribution in [0.1, 0.15) is 28.7 Å². The third-order valence-electron chi connectivity index (χ3n) is 3.36. The Morgan fingerprint density at radius 2 is 2.00 bits per heavy atom. The van der Waals surface area contributed by atoms with Crippen molar-refractivity contribution in [2.45, 2.75) is 19.9 Å². The molecule has 0 aliphatic heterocycles. The third-order valence-corrected chi connectivity index (χ3v) is 4.00. The van der Waals surface area contributed by atoms with Gasteiger partial charge in [-0.15, -0.1) is 0 Å². The molecule has 5 nitrogen and oxygen atoms in total. The average molecular weight is 339 g/mol. The molecule has 24 heavy (non-hydrogen) atoms. The lowest BCUT2D eigenvalue weighted by atomic mass is 10.2. The molecule has 3 aromatic rings. The van der Waals surface area contributed by atoms with Gasteiger partial charge in [-0.3, -0.25) is 4.79 Å². The molecule has 3 rings (SSSR count). The number of rotatable bonds is 6. The lowest BCUT2D eigenvalue weighted by Crippen LogP contribution is -2.22. The molecule has 6 heteroatoms. The van der Waals surface area contributed by atoms with Gasteiger partial charge in [-0.25, -0.2) is 0 Å². The highest BCUT2D eigenvalue weighted by atomic mass is 32.1. The molecule has 0 saturated heterocycles. The van der Waals surface area contributed by atoms with Crippen molar-refractivity contribution in [3.63, 3.8) is 0 Å².